The van der Waals surface area contributed by atoms with Gasteiger partial charge in [0.15, 0.2) is 5.78 Å². The van der Waals surface area contributed by atoms with Crippen molar-refractivity contribution in [1.29, 1.82) is 5.41 Å². The molecule has 0 atom stereocenters. The molecule has 27 heavy (non-hydrogen) atoms. The molecule has 0 aliphatic heterocycles. The fourth-order valence-electron chi connectivity index (χ4n) is 3.15. The average molecular weight is 432 g/mol. The van der Waals surface area contributed by atoms with E-state index in [0.717, 1.165) is 17.5 Å². The lowest BCUT2D eigenvalue weighted by Gasteiger charge is -2.08. The second kappa shape index (κ2) is 8.81. The first-order valence-corrected chi connectivity index (χ1v) is 8.51. The molecule has 0 aliphatic rings. The molecule has 1 aromatic heterocycles. The molecule has 3 aromatic rings. The molecule has 1 N–H and O–H groups in total. The van der Waals surface area contributed by atoms with E-state index in [-0.39, 0.29) is 40.5 Å². The van der Waals surface area contributed by atoms with E-state index < -0.39 is 5.97 Å². The first kappa shape index (κ1) is 20.6. The molecule has 0 radical (unpaired) electrons. The standard InChI is InChI=1S/C20H21N3O3.BrH/c1-3-12-22-16-10-6-7-11-17(16)23(20(22)21)13-18(24)14-8-4-5-9-15(14)19(25)26-2;/h4-11,21H,3,12-13H2,1-2H3;1H. The molecule has 142 valence electrons. The summed E-state index contributed by atoms with van der Waals surface area (Å²) in [5, 5.41) is 8.49. The Labute approximate surface area is 167 Å². The zero-order valence-corrected chi connectivity index (χ0v) is 17.0. The number of para-hydroxylation sites is 2. The number of benzene rings is 2. The van der Waals surface area contributed by atoms with Crippen LogP contribution in [0.3, 0.4) is 0 Å². The molecule has 0 aliphatic carbocycles. The number of ketones is 1. The van der Waals surface area contributed by atoms with Crippen molar-refractivity contribution in [2.45, 2.75) is 26.4 Å². The van der Waals surface area contributed by atoms with Crippen LogP contribution in [0.1, 0.15) is 34.1 Å². The summed E-state index contributed by atoms with van der Waals surface area (Å²) in [4.78, 5) is 24.8. The van der Waals surface area contributed by atoms with Crippen LogP contribution in [-0.2, 0) is 17.8 Å². The third-order valence-corrected chi connectivity index (χ3v) is 4.36. The third kappa shape index (κ3) is 3.88. The topological polar surface area (TPSA) is 77.1 Å². The number of nitrogens with one attached hydrogen (secondary N) is 1. The highest BCUT2D eigenvalue weighted by Crippen LogP contribution is 2.16. The Balaban J connectivity index is 0.00000261. The van der Waals surface area contributed by atoms with Crippen LogP contribution in [0, 0.1) is 5.41 Å². The number of nitrogens with zero attached hydrogens (tertiary/aromatic N) is 2. The molecule has 2 aromatic carbocycles. The first-order chi connectivity index (χ1) is 12.6. The number of hydrogen-bond donors (Lipinski definition) is 1. The van der Waals surface area contributed by atoms with E-state index >= 15 is 0 Å². The summed E-state index contributed by atoms with van der Waals surface area (Å²) in [6, 6.07) is 14.3. The number of aromatic nitrogens is 2. The van der Waals surface area contributed by atoms with Gasteiger partial charge in [0.05, 0.1) is 30.3 Å². The molecule has 7 heteroatoms. The average Bonchev–Trinajstić information content (AvgIpc) is 2.93. The van der Waals surface area contributed by atoms with Crippen molar-refractivity contribution in [3.63, 3.8) is 0 Å². The lowest BCUT2D eigenvalue weighted by molar-refractivity contribution is 0.0596. The second-order valence-corrected chi connectivity index (χ2v) is 6.01. The number of carbonyl (C=O) groups is 2. The van der Waals surface area contributed by atoms with Crippen molar-refractivity contribution in [3.05, 3.63) is 65.3 Å². The van der Waals surface area contributed by atoms with E-state index in [9.17, 15) is 9.59 Å². The minimum Gasteiger partial charge on any atom is -0.465 e. The van der Waals surface area contributed by atoms with Crippen molar-refractivity contribution in [2.24, 2.45) is 0 Å². The second-order valence-electron chi connectivity index (χ2n) is 6.01. The number of ether oxygens (including phenoxy) is 1. The number of methoxy groups -OCH3 is 1. The van der Waals surface area contributed by atoms with Crippen LogP contribution >= 0.6 is 17.0 Å². The van der Waals surface area contributed by atoms with E-state index in [4.69, 9.17) is 10.1 Å². The number of aryl methyl sites for hydroxylation is 1. The summed E-state index contributed by atoms with van der Waals surface area (Å²) >= 11 is 0. The Hall–Kier alpha value is -2.67. The number of imidazole rings is 1. The van der Waals surface area contributed by atoms with Gasteiger partial charge in [-0.3, -0.25) is 10.2 Å². The minimum atomic E-state index is -0.543. The van der Waals surface area contributed by atoms with Gasteiger partial charge in [-0.15, -0.1) is 17.0 Å². The molecule has 0 amide bonds. The number of hydrogen-bond acceptors (Lipinski definition) is 4. The number of fused-ring (bicyclic) bond motifs is 1. The van der Waals surface area contributed by atoms with E-state index in [2.05, 4.69) is 6.92 Å². The highest BCUT2D eigenvalue weighted by Gasteiger charge is 2.19. The monoisotopic (exact) mass is 431 g/mol. The maximum Gasteiger partial charge on any atom is 0.338 e. The van der Waals surface area contributed by atoms with Gasteiger partial charge in [-0.2, -0.15) is 0 Å². The highest BCUT2D eigenvalue weighted by molar-refractivity contribution is 8.93. The number of esters is 1. The van der Waals surface area contributed by atoms with Crippen molar-refractivity contribution >= 4 is 39.8 Å². The molecular weight excluding hydrogens is 410 g/mol. The maximum absolute atomic E-state index is 12.9. The van der Waals surface area contributed by atoms with E-state index in [1.165, 1.54) is 7.11 Å². The zero-order chi connectivity index (χ0) is 18.7. The van der Waals surface area contributed by atoms with Crippen molar-refractivity contribution in [1.82, 2.24) is 9.13 Å². The molecule has 0 fully saturated rings. The normalized spacial score (nSPS) is 10.4. The first-order valence-electron chi connectivity index (χ1n) is 8.51. The molecule has 0 unspecified atom stereocenters. The summed E-state index contributed by atoms with van der Waals surface area (Å²) in [6.45, 7) is 2.75. The van der Waals surface area contributed by atoms with Gasteiger partial charge in [-0.1, -0.05) is 37.3 Å². The molecular formula is C20H22BrN3O3. The summed E-state index contributed by atoms with van der Waals surface area (Å²) in [5.74, 6) is -0.776. The third-order valence-electron chi connectivity index (χ3n) is 4.36. The van der Waals surface area contributed by atoms with E-state index in [1.807, 2.05) is 28.8 Å². The fraction of sp³-hybridized carbons (Fsp3) is 0.250. The zero-order valence-electron chi connectivity index (χ0n) is 15.3. The maximum atomic E-state index is 12.9. The van der Waals surface area contributed by atoms with E-state index in [1.54, 1.807) is 28.8 Å². The predicted octanol–water partition coefficient (Wildman–Crippen LogP) is 3.58. The molecule has 0 saturated carbocycles. The summed E-state index contributed by atoms with van der Waals surface area (Å²) < 4.78 is 8.35. The molecule has 0 spiro atoms. The van der Waals surface area contributed by atoms with Crippen LogP contribution in [0.2, 0.25) is 0 Å². The van der Waals surface area contributed by atoms with Gasteiger partial charge in [0, 0.05) is 12.1 Å². The quantitative estimate of drug-likeness (QED) is 0.478. The van der Waals surface area contributed by atoms with Crippen LogP contribution < -0.4 is 5.62 Å². The van der Waals surface area contributed by atoms with Gasteiger partial charge in [0.25, 0.3) is 0 Å². The van der Waals surface area contributed by atoms with E-state index in [0.29, 0.717) is 12.1 Å². The molecule has 0 bridgehead atoms. The van der Waals surface area contributed by atoms with Crippen LogP contribution in [0.4, 0.5) is 0 Å². The Morgan fingerprint density at radius 3 is 2.11 bits per heavy atom. The van der Waals surface area contributed by atoms with Gasteiger partial charge in [0.2, 0.25) is 5.62 Å². The Bertz CT molecular complexity index is 1040. The van der Waals surface area contributed by atoms with Crippen LogP contribution in [0.25, 0.3) is 11.0 Å². The van der Waals surface area contributed by atoms with Crippen molar-refractivity contribution in [2.75, 3.05) is 7.11 Å². The Morgan fingerprint density at radius 1 is 0.963 bits per heavy atom. The van der Waals surface area contributed by atoms with Gasteiger partial charge < -0.3 is 13.9 Å². The smallest absolute Gasteiger partial charge is 0.338 e. The molecule has 1 heterocycles. The van der Waals surface area contributed by atoms with Gasteiger partial charge in [0.1, 0.15) is 0 Å². The largest absolute Gasteiger partial charge is 0.465 e. The predicted molar refractivity (Wildman–Crippen MR) is 109 cm³/mol. The highest BCUT2D eigenvalue weighted by atomic mass is 79.9. The summed E-state index contributed by atoms with van der Waals surface area (Å²) in [5.41, 5.74) is 2.57. The van der Waals surface area contributed by atoms with Gasteiger partial charge in [-0.05, 0) is 24.6 Å². The Morgan fingerprint density at radius 2 is 1.52 bits per heavy atom. The van der Waals surface area contributed by atoms with Crippen LogP contribution in [0.15, 0.2) is 48.5 Å². The Kier molecular flexibility index (Phi) is 6.74. The number of carbonyl (C=O) groups excluding carboxylic acids is 2. The number of rotatable bonds is 6. The number of halogens is 1. The van der Waals surface area contributed by atoms with Crippen molar-refractivity contribution < 1.29 is 14.3 Å². The van der Waals surface area contributed by atoms with Gasteiger partial charge in [-0.25, -0.2) is 4.79 Å². The molecule has 0 saturated heterocycles. The lowest BCUT2D eigenvalue weighted by atomic mass is 10.0. The number of Topliss-reactive ketones (excluding diaryl/α,β-unsaturated/α-hetero) is 1. The van der Waals surface area contributed by atoms with Crippen LogP contribution in [0.5, 0.6) is 0 Å². The molecule has 6 nitrogen and oxygen atoms in total. The fourth-order valence-corrected chi connectivity index (χ4v) is 3.15. The molecule has 3 rings (SSSR count). The van der Waals surface area contributed by atoms with Crippen LogP contribution in [-0.4, -0.2) is 28.0 Å². The summed E-state index contributed by atoms with van der Waals surface area (Å²) in [7, 11) is 1.29. The SMILES string of the molecule is Br.CCCn1c(=N)n(CC(=O)c2ccccc2C(=O)OC)c2ccccc21. The van der Waals surface area contributed by atoms with Gasteiger partial charge >= 0.3 is 5.97 Å². The minimum absolute atomic E-state index is 0. The summed E-state index contributed by atoms with van der Waals surface area (Å²) in [6.07, 6.45) is 0.893. The lowest BCUT2D eigenvalue weighted by Crippen LogP contribution is -2.28. The van der Waals surface area contributed by atoms with Crippen molar-refractivity contribution in [3.8, 4) is 0 Å².